The summed E-state index contributed by atoms with van der Waals surface area (Å²) in [5.74, 6) is 0. The molecule has 3 nitrogen and oxygen atoms in total. The van der Waals surface area contributed by atoms with Crippen molar-refractivity contribution in [2.45, 2.75) is 57.0 Å². The number of piperidine rings is 2. The normalized spacial score (nSPS) is 31.4. The topological polar surface area (TPSA) is 24.5 Å². The molecule has 116 valence electrons. The van der Waals surface area contributed by atoms with Gasteiger partial charge in [-0.25, -0.2) is 0 Å². The number of likely N-dealkylation sites (tertiary alicyclic amines) is 1. The summed E-state index contributed by atoms with van der Waals surface area (Å²) in [6, 6.07) is 1.31. The molecule has 0 aromatic rings. The third-order valence-corrected chi connectivity index (χ3v) is 5.41. The summed E-state index contributed by atoms with van der Waals surface area (Å²) in [5, 5.41) is 3.45. The summed E-state index contributed by atoms with van der Waals surface area (Å²) in [6.07, 6.45) is 8.49. The minimum atomic E-state index is -0.199. The Hall–Kier alpha value is -0.190. The molecular formula is C16H29FN2O. The highest BCUT2D eigenvalue weighted by Gasteiger charge is 2.43. The first-order chi connectivity index (χ1) is 9.83. The van der Waals surface area contributed by atoms with Gasteiger partial charge in [0.1, 0.15) is 0 Å². The van der Waals surface area contributed by atoms with Gasteiger partial charge in [-0.3, -0.25) is 9.29 Å². The smallest absolute Gasteiger partial charge is 0.0972 e. The molecular weight excluding hydrogens is 255 g/mol. The van der Waals surface area contributed by atoms with Gasteiger partial charge in [0.15, 0.2) is 0 Å². The van der Waals surface area contributed by atoms with E-state index in [1.165, 1.54) is 38.6 Å². The molecule has 20 heavy (non-hydrogen) atoms. The molecule has 3 aliphatic rings. The van der Waals surface area contributed by atoms with Gasteiger partial charge >= 0.3 is 0 Å². The van der Waals surface area contributed by atoms with Crippen molar-refractivity contribution in [2.24, 2.45) is 5.41 Å². The second kappa shape index (κ2) is 6.71. The van der Waals surface area contributed by atoms with Gasteiger partial charge in [-0.05, 0) is 58.2 Å². The fourth-order valence-electron chi connectivity index (χ4n) is 3.73. The Morgan fingerprint density at radius 3 is 2.65 bits per heavy atom. The van der Waals surface area contributed by atoms with Gasteiger partial charge in [0.2, 0.25) is 0 Å². The molecule has 0 aromatic carbocycles. The maximum Gasteiger partial charge on any atom is 0.0972 e. The van der Waals surface area contributed by atoms with E-state index in [1.54, 1.807) is 0 Å². The van der Waals surface area contributed by atoms with Crippen LogP contribution in [0.4, 0.5) is 4.39 Å². The van der Waals surface area contributed by atoms with Crippen molar-refractivity contribution >= 4 is 0 Å². The highest BCUT2D eigenvalue weighted by molar-refractivity contribution is 4.93. The molecule has 3 rings (SSSR count). The van der Waals surface area contributed by atoms with E-state index >= 15 is 0 Å². The first-order valence-electron chi connectivity index (χ1n) is 8.43. The van der Waals surface area contributed by atoms with Gasteiger partial charge in [-0.15, -0.1) is 0 Å². The maximum atomic E-state index is 12.9. The SMILES string of the molecule is FCC1(COCC2CCCCN2C2CCNCC2)CC1. The molecule has 1 unspecified atom stereocenters. The lowest BCUT2D eigenvalue weighted by molar-refractivity contribution is -0.00578. The predicted octanol–water partition coefficient (Wildman–Crippen LogP) is 2.36. The van der Waals surface area contributed by atoms with Crippen LogP contribution in [0.1, 0.15) is 44.9 Å². The Bertz CT molecular complexity index is 303. The van der Waals surface area contributed by atoms with Crippen molar-refractivity contribution < 1.29 is 9.13 Å². The first kappa shape index (κ1) is 14.7. The van der Waals surface area contributed by atoms with E-state index in [0.717, 1.165) is 38.6 Å². The number of hydrogen-bond donors (Lipinski definition) is 1. The third kappa shape index (κ3) is 3.52. The molecule has 0 aromatic heterocycles. The molecule has 1 aliphatic carbocycles. The van der Waals surface area contributed by atoms with E-state index in [9.17, 15) is 4.39 Å². The molecule has 1 atom stereocenters. The number of nitrogens with one attached hydrogen (secondary N) is 1. The van der Waals surface area contributed by atoms with E-state index in [-0.39, 0.29) is 12.1 Å². The summed E-state index contributed by atoms with van der Waals surface area (Å²) in [4.78, 5) is 2.69. The fraction of sp³-hybridized carbons (Fsp3) is 1.00. The van der Waals surface area contributed by atoms with Crippen LogP contribution in [-0.2, 0) is 4.74 Å². The lowest BCUT2D eigenvalue weighted by Crippen LogP contribution is -2.51. The molecule has 1 N–H and O–H groups in total. The van der Waals surface area contributed by atoms with Crippen LogP contribution in [0.5, 0.6) is 0 Å². The number of hydrogen-bond acceptors (Lipinski definition) is 3. The van der Waals surface area contributed by atoms with E-state index in [4.69, 9.17) is 4.74 Å². The average molecular weight is 284 g/mol. The summed E-state index contributed by atoms with van der Waals surface area (Å²) >= 11 is 0. The van der Waals surface area contributed by atoms with Crippen LogP contribution >= 0.6 is 0 Å². The van der Waals surface area contributed by atoms with Gasteiger partial charge in [0, 0.05) is 17.5 Å². The van der Waals surface area contributed by atoms with Gasteiger partial charge in [0.25, 0.3) is 0 Å². The zero-order valence-electron chi connectivity index (χ0n) is 12.6. The molecule has 2 aliphatic heterocycles. The summed E-state index contributed by atoms with van der Waals surface area (Å²) in [5.41, 5.74) is -0.0890. The standard InChI is InChI=1S/C16H29FN2O/c17-12-16(6-7-16)13-20-11-15-3-1-2-10-19(15)14-4-8-18-9-5-14/h14-15,18H,1-13H2. The minimum Gasteiger partial charge on any atom is -0.379 e. The van der Waals surface area contributed by atoms with E-state index in [2.05, 4.69) is 10.2 Å². The van der Waals surface area contributed by atoms with Crippen LogP contribution in [0, 0.1) is 5.41 Å². The van der Waals surface area contributed by atoms with Crippen molar-refractivity contribution in [3.8, 4) is 0 Å². The van der Waals surface area contributed by atoms with Gasteiger partial charge in [-0.1, -0.05) is 6.42 Å². The number of alkyl halides is 1. The first-order valence-corrected chi connectivity index (χ1v) is 8.43. The van der Waals surface area contributed by atoms with Gasteiger partial charge in [-0.2, -0.15) is 0 Å². The van der Waals surface area contributed by atoms with Crippen molar-refractivity contribution in [3.05, 3.63) is 0 Å². The molecule has 1 saturated carbocycles. The summed E-state index contributed by atoms with van der Waals surface area (Å²) in [7, 11) is 0. The Labute approximate surface area is 122 Å². The molecule has 0 radical (unpaired) electrons. The molecule has 2 saturated heterocycles. The highest BCUT2D eigenvalue weighted by Crippen LogP contribution is 2.46. The van der Waals surface area contributed by atoms with Crippen LogP contribution in [-0.4, -0.2) is 56.5 Å². The molecule has 0 spiro atoms. The van der Waals surface area contributed by atoms with E-state index in [0.29, 0.717) is 12.6 Å². The van der Waals surface area contributed by atoms with Crippen molar-refractivity contribution in [3.63, 3.8) is 0 Å². The van der Waals surface area contributed by atoms with Crippen molar-refractivity contribution in [1.82, 2.24) is 10.2 Å². The zero-order chi connectivity index (χ0) is 13.8. The monoisotopic (exact) mass is 284 g/mol. The Morgan fingerprint density at radius 2 is 1.95 bits per heavy atom. The van der Waals surface area contributed by atoms with Crippen LogP contribution in [0.3, 0.4) is 0 Å². The number of halogens is 1. The number of rotatable bonds is 6. The molecule has 0 bridgehead atoms. The predicted molar refractivity (Wildman–Crippen MR) is 78.7 cm³/mol. The zero-order valence-corrected chi connectivity index (χ0v) is 12.6. The van der Waals surface area contributed by atoms with Crippen LogP contribution in [0.25, 0.3) is 0 Å². The summed E-state index contributed by atoms with van der Waals surface area (Å²) < 4.78 is 18.8. The van der Waals surface area contributed by atoms with Crippen LogP contribution in [0.15, 0.2) is 0 Å². The molecule has 3 fully saturated rings. The maximum absolute atomic E-state index is 12.9. The largest absolute Gasteiger partial charge is 0.379 e. The minimum absolute atomic E-state index is 0.0890. The summed E-state index contributed by atoms with van der Waals surface area (Å²) in [6.45, 7) is 4.79. The fourth-order valence-corrected chi connectivity index (χ4v) is 3.73. The quantitative estimate of drug-likeness (QED) is 0.810. The van der Waals surface area contributed by atoms with E-state index in [1.807, 2.05) is 0 Å². The Morgan fingerprint density at radius 1 is 1.15 bits per heavy atom. The van der Waals surface area contributed by atoms with Crippen LogP contribution in [0.2, 0.25) is 0 Å². The molecule has 4 heteroatoms. The molecule has 2 heterocycles. The van der Waals surface area contributed by atoms with Gasteiger partial charge in [0.05, 0.1) is 19.9 Å². The Kier molecular flexibility index (Phi) is 4.95. The number of nitrogens with zero attached hydrogens (tertiary/aromatic N) is 1. The molecule has 0 amide bonds. The lowest BCUT2D eigenvalue weighted by Gasteiger charge is -2.43. The lowest BCUT2D eigenvalue weighted by atomic mass is 9.96. The number of ether oxygens (including phenoxy) is 1. The third-order valence-electron chi connectivity index (χ3n) is 5.41. The Balaban J connectivity index is 1.47. The van der Waals surface area contributed by atoms with Gasteiger partial charge < -0.3 is 10.1 Å². The second-order valence-corrected chi connectivity index (χ2v) is 7.02. The van der Waals surface area contributed by atoms with Crippen LogP contribution < -0.4 is 5.32 Å². The average Bonchev–Trinajstić information content (AvgIpc) is 3.29. The van der Waals surface area contributed by atoms with E-state index < -0.39 is 0 Å². The highest BCUT2D eigenvalue weighted by atomic mass is 19.1. The second-order valence-electron chi connectivity index (χ2n) is 7.02. The van der Waals surface area contributed by atoms with Crippen molar-refractivity contribution in [2.75, 3.05) is 39.5 Å². The van der Waals surface area contributed by atoms with Crippen molar-refractivity contribution in [1.29, 1.82) is 0 Å².